The SMILES string of the molecule is CC(=O)C(C)C(C)(C)C.CC(=O)C(C)C(C)(C)C. The van der Waals surface area contributed by atoms with Gasteiger partial charge in [0.2, 0.25) is 0 Å². The van der Waals surface area contributed by atoms with Gasteiger partial charge in [-0.05, 0) is 24.7 Å². The van der Waals surface area contributed by atoms with E-state index in [2.05, 4.69) is 41.5 Å². The largest absolute Gasteiger partial charge is 0.300 e. The van der Waals surface area contributed by atoms with Crippen molar-refractivity contribution >= 4 is 11.6 Å². The van der Waals surface area contributed by atoms with Gasteiger partial charge in [-0.15, -0.1) is 0 Å². The van der Waals surface area contributed by atoms with Crippen molar-refractivity contribution in [3.63, 3.8) is 0 Å². The van der Waals surface area contributed by atoms with Crippen LogP contribution in [0.15, 0.2) is 0 Å². The second kappa shape index (κ2) is 7.06. The molecule has 0 fully saturated rings. The van der Waals surface area contributed by atoms with E-state index >= 15 is 0 Å². The van der Waals surface area contributed by atoms with E-state index in [0.717, 1.165) is 0 Å². The van der Waals surface area contributed by atoms with Crippen LogP contribution in [-0.2, 0) is 9.59 Å². The lowest BCUT2D eigenvalue weighted by molar-refractivity contribution is -0.123. The minimum absolute atomic E-state index is 0.131. The summed E-state index contributed by atoms with van der Waals surface area (Å²) in [5.74, 6) is 0.917. The maximum atomic E-state index is 10.8. The summed E-state index contributed by atoms with van der Waals surface area (Å²) >= 11 is 0. The van der Waals surface area contributed by atoms with Crippen LogP contribution in [0.4, 0.5) is 0 Å². The van der Waals surface area contributed by atoms with Gasteiger partial charge < -0.3 is 0 Å². The summed E-state index contributed by atoms with van der Waals surface area (Å²) in [6.45, 7) is 19.7. The molecule has 0 aromatic heterocycles. The van der Waals surface area contributed by atoms with Crippen LogP contribution < -0.4 is 0 Å². The Bertz CT molecular complexity index is 246. The van der Waals surface area contributed by atoms with Crippen LogP contribution >= 0.6 is 0 Å². The summed E-state index contributed by atoms with van der Waals surface area (Å²) in [5.41, 5.74) is 0.262. The first kappa shape index (κ1) is 19.7. The lowest BCUT2D eigenvalue weighted by Crippen LogP contribution is -2.23. The number of rotatable bonds is 2. The monoisotopic (exact) mass is 256 g/mol. The van der Waals surface area contributed by atoms with Gasteiger partial charge in [0.15, 0.2) is 0 Å². The molecule has 0 saturated carbocycles. The number of Topliss-reactive ketones (excluding diaryl/α,β-unsaturated/α-hetero) is 2. The molecule has 0 aromatic carbocycles. The normalized spacial score (nSPS) is 15.2. The van der Waals surface area contributed by atoms with Crippen molar-refractivity contribution < 1.29 is 9.59 Å². The van der Waals surface area contributed by atoms with Crippen molar-refractivity contribution in [3.05, 3.63) is 0 Å². The molecule has 2 atom stereocenters. The first-order chi connectivity index (χ1) is 7.71. The Kier molecular flexibility index (Phi) is 7.71. The summed E-state index contributed by atoms with van der Waals surface area (Å²) in [4.78, 5) is 21.6. The number of carbonyl (C=O) groups is 2. The summed E-state index contributed by atoms with van der Waals surface area (Å²) in [5, 5.41) is 0. The smallest absolute Gasteiger partial charge is 0.133 e. The predicted molar refractivity (Wildman–Crippen MR) is 78.6 cm³/mol. The van der Waals surface area contributed by atoms with Crippen LogP contribution in [-0.4, -0.2) is 11.6 Å². The summed E-state index contributed by atoms with van der Waals surface area (Å²) in [6.07, 6.45) is 0. The van der Waals surface area contributed by atoms with Gasteiger partial charge in [-0.1, -0.05) is 55.4 Å². The fraction of sp³-hybridized carbons (Fsp3) is 0.875. The zero-order chi connectivity index (χ0) is 15.3. The third kappa shape index (κ3) is 8.43. The van der Waals surface area contributed by atoms with Crippen LogP contribution in [0.2, 0.25) is 0 Å². The molecule has 0 radical (unpaired) electrons. The van der Waals surface area contributed by atoms with Gasteiger partial charge in [0.05, 0.1) is 0 Å². The molecule has 2 unspecified atom stereocenters. The van der Waals surface area contributed by atoms with E-state index in [1.54, 1.807) is 13.8 Å². The third-order valence-corrected chi connectivity index (χ3v) is 3.82. The summed E-state index contributed by atoms with van der Waals surface area (Å²) < 4.78 is 0. The standard InChI is InChI=1S/2C8H16O/c2*1-6(7(2)9)8(3,4)5/h2*6H,1-5H3. The van der Waals surface area contributed by atoms with E-state index in [4.69, 9.17) is 0 Å². The topological polar surface area (TPSA) is 34.1 Å². The molecule has 0 aliphatic carbocycles. The van der Waals surface area contributed by atoms with Crippen LogP contribution in [0.5, 0.6) is 0 Å². The number of carbonyl (C=O) groups excluding carboxylic acids is 2. The zero-order valence-electron chi connectivity index (χ0n) is 14.0. The molecule has 2 nitrogen and oxygen atoms in total. The third-order valence-electron chi connectivity index (χ3n) is 3.82. The highest BCUT2D eigenvalue weighted by Gasteiger charge is 2.23. The van der Waals surface area contributed by atoms with E-state index in [-0.39, 0.29) is 34.2 Å². The quantitative estimate of drug-likeness (QED) is 0.728. The Morgan fingerprint density at radius 2 is 0.833 bits per heavy atom. The Morgan fingerprint density at radius 1 is 0.667 bits per heavy atom. The fourth-order valence-electron chi connectivity index (χ4n) is 1.22. The average Bonchev–Trinajstić information content (AvgIpc) is 2.13. The Labute approximate surface area is 114 Å². The maximum absolute atomic E-state index is 10.8. The molecule has 18 heavy (non-hydrogen) atoms. The molecule has 2 heteroatoms. The second-order valence-electron chi connectivity index (χ2n) is 7.40. The zero-order valence-corrected chi connectivity index (χ0v) is 14.0. The van der Waals surface area contributed by atoms with Crippen molar-refractivity contribution in [2.75, 3.05) is 0 Å². The van der Waals surface area contributed by atoms with Gasteiger partial charge >= 0.3 is 0 Å². The molecule has 0 bridgehead atoms. The average molecular weight is 256 g/mol. The van der Waals surface area contributed by atoms with Crippen molar-refractivity contribution in [1.29, 1.82) is 0 Å². The molecular weight excluding hydrogens is 224 g/mol. The van der Waals surface area contributed by atoms with E-state index in [1.807, 2.05) is 13.8 Å². The van der Waals surface area contributed by atoms with Gasteiger partial charge in [-0.3, -0.25) is 9.59 Å². The van der Waals surface area contributed by atoms with Crippen LogP contribution in [0.3, 0.4) is 0 Å². The molecule has 0 N–H and O–H groups in total. The molecule has 0 rings (SSSR count). The first-order valence-electron chi connectivity index (χ1n) is 6.72. The molecule has 0 aliphatic rings. The lowest BCUT2D eigenvalue weighted by Gasteiger charge is -2.24. The molecule has 0 aliphatic heterocycles. The van der Waals surface area contributed by atoms with Gasteiger partial charge in [0.1, 0.15) is 11.6 Å². The van der Waals surface area contributed by atoms with Crippen LogP contribution in [0.1, 0.15) is 69.2 Å². The van der Waals surface area contributed by atoms with E-state index < -0.39 is 0 Å². The van der Waals surface area contributed by atoms with E-state index in [9.17, 15) is 9.59 Å². The summed E-state index contributed by atoms with van der Waals surface area (Å²) in [7, 11) is 0. The highest BCUT2D eigenvalue weighted by molar-refractivity contribution is 5.78. The van der Waals surface area contributed by atoms with E-state index in [1.165, 1.54) is 0 Å². The lowest BCUT2D eigenvalue weighted by atomic mass is 9.80. The second-order valence-corrected chi connectivity index (χ2v) is 7.40. The number of hydrogen-bond acceptors (Lipinski definition) is 2. The Morgan fingerprint density at radius 3 is 0.833 bits per heavy atom. The maximum Gasteiger partial charge on any atom is 0.133 e. The minimum atomic E-state index is 0.131. The molecule has 0 heterocycles. The molecule has 0 saturated heterocycles. The van der Waals surface area contributed by atoms with Crippen molar-refractivity contribution in [1.82, 2.24) is 0 Å². The van der Waals surface area contributed by atoms with Gasteiger partial charge in [-0.2, -0.15) is 0 Å². The molecular formula is C16H32O2. The van der Waals surface area contributed by atoms with Gasteiger partial charge in [0, 0.05) is 11.8 Å². The highest BCUT2D eigenvalue weighted by Crippen LogP contribution is 2.26. The van der Waals surface area contributed by atoms with Crippen molar-refractivity contribution in [2.45, 2.75) is 69.2 Å². The van der Waals surface area contributed by atoms with Crippen LogP contribution in [0, 0.1) is 22.7 Å². The number of hydrogen-bond donors (Lipinski definition) is 0. The molecule has 0 spiro atoms. The summed E-state index contributed by atoms with van der Waals surface area (Å²) in [6, 6.07) is 0. The van der Waals surface area contributed by atoms with Gasteiger partial charge in [0.25, 0.3) is 0 Å². The minimum Gasteiger partial charge on any atom is -0.300 e. The van der Waals surface area contributed by atoms with E-state index in [0.29, 0.717) is 0 Å². The highest BCUT2D eigenvalue weighted by atomic mass is 16.1. The number of ketones is 2. The fourth-order valence-corrected chi connectivity index (χ4v) is 1.22. The molecule has 108 valence electrons. The first-order valence-corrected chi connectivity index (χ1v) is 6.72. The van der Waals surface area contributed by atoms with Gasteiger partial charge in [-0.25, -0.2) is 0 Å². The van der Waals surface area contributed by atoms with Crippen molar-refractivity contribution in [3.8, 4) is 0 Å². The predicted octanol–water partition coefficient (Wildman–Crippen LogP) is 4.52. The Balaban J connectivity index is 0. The van der Waals surface area contributed by atoms with Crippen molar-refractivity contribution in [2.24, 2.45) is 22.7 Å². The molecule has 0 amide bonds. The Hall–Kier alpha value is -0.660. The molecule has 0 aromatic rings. The van der Waals surface area contributed by atoms with Crippen LogP contribution in [0.25, 0.3) is 0 Å².